The van der Waals surface area contributed by atoms with Crippen molar-refractivity contribution in [2.24, 2.45) is 0 Å². The molecule has 0 aliphatic heterocycles. The maximum atomic E-state index is 10.7. The number of rotatable bonds is 8. The van der Waals surface area contributed by atoms with Gasteiger partial charge in [-0.1, -0.05) is 72.8 Å². The molecule has 0 spiro atoms. The second-order valence-electron chi connectivity index (χ2n) is 10.0. The Morgan fingerprint density at radius 2 is 1.54 bits per heavy atom. The van der Waals surface area contributed by atoms with E-state index in [1.54, 1.807) is 13.4 Å². The number of aliphatic hydroxyl groups is 1. The molecule has 2 aromatic heterocycles. The molecule has 8 nitrogen and oxygen atoms in total. The van der Waals surface area contributed by atoms with Crippen molar-refractivity contribution >= 4 is 11.2 Å². The van der Waals surface area contributed by atoms with Gasteiger partial charge in [0.05, 0.1) is 31.7 Å². The molecule has 2 N–H and O–H groups in total. The Morgan fingerprint density at radius 1 is 0.897 bits per heavy atom. The zero-order chi connectivity index (χ0) is 26.9. The molecular formula is C31H30N4O4. The highest BCUT2D eigenvalue weighted by molar-refractivity contribution is 5.75. The molecule has 0 unspecified atom stereocenters. The minimum absolute atomic E-state index is 0.172. The number of imidazole rings is 1. The Hall–Kier alpha value is -4.27. The number of methoxy groups -OCH3 is 1. The van der Waals surface area contributed by atoms with Crippen molar-refractivity contribution in [1.29, 1.82) is 0 Å². The zero-order valence-corrected chi connectivity index (χ0v) is 21.6. The zero-order valence-electron chi connectivity index (χ0n) is 21.6. The van der Waals surface area contributed by atoms with Crippen LogP contribution in [0.15, 0.2) is 97.6 Å². The highest BCUT2D eigenvalue weighted by Gasteiger charge is 2.46. The van der Waals surface area contributed by atoms with E-state index in [-0.39, 0.29) is 12.5 Å². The normalized spacial score (nSPS) is 19.4. The predicted octanol–water partition coefficient (Wildman–Crippen LogP) is 4.79. The largest absolute Gasteiger partial charge is 0.497 e. The van der Waals surface area contributed by atoms with E-state index < -0.39 is 17.2 Å². The Bertz CT molecular complexity index is 1520. The standard InChI is InChI=1S/C31H30N4O4/c1-38-26-14-12-24(13-15-26)31(22-8-4-2-5-9-22,23-10-6-3-7-11-23)39-19-30(17-16-25(36)18-30)35-21-34-27-28(35)32-20-33-29(27)37/h2-15,20-21,25,36H,16-19H2,1H3,(H,32,33,37)/t25-,30+/m0/s1. The van der Waals surface area contributed by atoms with Crippen LogP contribution < -0.4 is 4.74 Å². The highest BCUT2D eigenvalue weighted by Crippen LogP contribution is 2.45. The number of benzene rings is 3. The third-order valence-corrected chi connectivity index (χ3v) is 7.80. The SMILES string of the molecule is COc1ccc(C(OC[C@@]2(n3cnc4c(O)ncnc43)CC[C@H](O)C2)(c2ccccc2)c2ccccc2)cc1. The van der Waals surface area contributed by atoms with E-state index in [9.17, 15) is 10.2 Å². The van der Waals surface area contributed by atoms with Crippen LogP contribution in [0.1, 0.15) is 36.0 Å². The van der Waals surface area contributed by atoms with E-state index in [4.69, 9.17) is 9.47 Å². The van der Waals surface area contributed by atoms with Gasteiger partial charge in [-0.25, -0.2) is 9.97 Å². The fourth-order valence-corrected chi connectivity index (χ4v) is 5.83. The first-order valence-corrected chi connectivity index (χ1v) is 13.0. The van der Waals surface area contributed by atoms with Crippen LogP contribution >= 0.6 is 0 Å². The van der Waals surface area contributed by atoms with Gasteiger partial charge in [0.25, 0.3) is 0 Å². The molecule has 3 aromatic carbocycles. The van der Waals surface area contributed by atoms with Gasteiger partial charge in [-0.3, -0.25) is 0 Å². The molecule has 1 aliphatic rings. The molecule has 2 heterocycles. The molecule has 39 heavy (non-hydrogen) atoms. The molecule has 0 bridgehead atoms. The van der Waals surface area contributed by atoms with E-state index in [1.807, 2.05) is 65.2 Å². The van der Waals surface area contributed by atoms with Crippen LogP contribution in [-0.2, 0) is 15.9 Å². The summed E-state index contributed by atoms with van der Waals surface area (Å²) in [6, 6.07) is 28.3. The van der Waals surface area contributed by atoms with Crippen molar-refractivity contribution in [3.8, 4) is 11.6 Å². The molecule has 6 rings (SSSR count). The molecule has 5 aromatic rings. The number of aromatic nitrogens is 4. The van der Waals surface area contributed by atoms with Crippen LogP contribution in [-0.4, -0.2) is 49.6 Å². The number of hydrogen-bond donors (Lipinski definition) is 2. The van der Waals surface area contributed by atoms with Gasteiger partial charge >= 0.3 is 0 Å². The third-order valence-electron chi connectivity index (χ3n) is 7.80. The summed E-state index contributed by atoms with van der Waals surface area (Å²) in [6.45, 7) is 0.260. The molecule has 1 fully saturated rings. The lowest BCUT2D eigenvalue weighted by Gasteiger charge is -2.40. The summed E-state index contributed by atoms with van der Waals surface area (Å²) in [6.07, 6.45) is 4.24. The van der Waals surface area contributed by atoms with Crippen molar-refractivity contribution in [2.45, 2.75) is 36.5 Å². The summed E-state index contributed by atoms with van der Waals surface area (Å²) in [5.74, 6) is 0.586. The molecule has 198 valence electrons. The lowest BCUT2D eigenvalue weighted by Crippen LogP contribution is -2.42. The molecule has 0 amide bonds. The lowest BCUT2D eigenvalue weighted by atomic mass is 9.79. The van der Waals surface area contributed by atoms with Crippen molar-refractivity contribution < 1.29 is 19.7 Å². The van der Waals surface area contributed by atoms with E-state index in [0.29, 0.717) is 30.4 Å². The summed E-state index contributed by atoms with van der Waals surface area (Å²) in [5.41, 5.74) is 2.14. The topological polar surface area (TPSA) is 103 Å². The van der Waals surface area contributed by atoms with Gasteiger partial charge in [-0.15, -0.1) is 0 Å². The molecular weight excluding hydrogens is 492 g/mol. The van der Waals surface area contributed by atoms with Gasteiger partial charge in [-0.2, -0.15) is 4.98 Å². The quantitative estimate of drug-likeness (QED) is 0.283. The number of hydrogen-bond acceptors (Lipinski definition) is 7. The lowest BCUT2D eigenvalue weighted by molar-refractivity contribution is -0.0372. The van der Waals surface area contributed by atoms with Crippen molar-refractivity contribution in [3.05, 3.63) is 114 Å². The average molecular weight is 523 g/mol. The number of ether oxygens (including phenoxy) is 2. The van der Waals surface area contributed by atoms with Crippen LogP contribution in [0.5, 0.6) is 11.6 Å². The highest BCUT2D eigenvalue weighted by atomic mass is 16.5. The maximum absolute atomic E-state index is 10.7. The van der Waals surface area contributed by atoms with Gasteiger partial charge in [0.15, 0.2) is 11.2 Å². The monoisotopic (exact) mass is 522 g/mol. The van der Waals surface area contributed by atoms with Crippen LogP contribution in [0, 0.1) is 0 Å². The van der Waals surface area contributed by atoms with E-state index >= 15 is 0 Å². The molecule has 1 aliphatic carbocycles. The number of nitrogens with zero attached hydrogens (tertiary/aromatic N) is 4. The molecule has 0 saturated heterocycles. The predicted molar refractivity (Wildman–Crippen MR) is 147 cm³/mol. The van der Waals surface area contributed by atoms with Crippen LogP contribution in [0.2, 0.25) is 0 Å². The molecule has 2 atom stereocenters. The van der Waals surface area contributed by atoms with E-state index in [1.165, 1.54) is 6.33 Å². The minimum Gasteiger partial charge on any atom is -0.497 e. The number of aromatic hydroxyl groups is 1. The van der Waals surface area contributed by atoms with Gasteiger partial charge in [-0.05, 0) is 48.1 Å². The fraction of sp³-hybridized carbons (Fsp3) is 0.258. The molecule has 1 saturated carbocycles. The van der Waals surface area contributed by atoms with Crippen molar-refractivity contribution in [1.82, 2.24) is 19.5 Å². The summed E-state index contributed by atoms with van der Waals surface area (Å²) in [7, 11) is 1.65. The summed E-state index contributed by atoms with van der Waals surface area (Å²) < 4.78 is 14.6. The fourth-order valence-electron chi connectivity index (χ4n) is 5.83. The Balaban J connectivity index is 1.52. The maximum Gasteiger partial charge on any atom is 0.242 e. The van der Waals surface area contributed by atoms with Crippen LogP contribution in [0.4, 0.5) is 0 Å². The second kappa shape index (κ2) is 10.1. The van der Waals surface area contributed by atoms with Gasteiger partial charge in [0.2, 0.25) is 5.88 Å². The van der Waals surface area contributed by atoms with E-state index in [0.717, 1.165) is 22.4 Å². The number of aliphatic hydroxyl groups excluding tert-OH is 1. The summed E-state index contributed by atoms with van der Waals surface area (Å²) in [4.78, 5) is 12.7. The summed E-state index contributed by atoms with van der Waals surface area (Å²) >= 11 is 0. The van der Waals surface area contributed by atoms with Gasteiger partial charge in [0.1, 0.15) is 17.7 Å². The minimum atomic E-state index is -0.956. The molecule has 8 heteroatoms. The first-order valence-electron chi connectivity index (χ1n) is 13.0. The van der Waals surface area contributed by atoms with Crippen LogP contribution in [0.3, 0.4) is 0 Å². The van der Waals surface area contributed by atoms with Crippen molar-refractivity contribution in [3.63, 3.8) is 0 Å². The Morgan fingerprint density at radius 3 is 2.13 bits per heavy atom. The van der Waals surface area contributed by atoms with E-state index in [2.05, 4.69) is 39.2 Å². The molecule has 0 radical (unpaired) electrons. The van der Waals surface area contributed by atoms with Gasteiger partial charge in [0, 0.05) is 0 Å². The average Bonchev–Trinajstić information content (AvgIpc) is 3.60. The van der Waals surface area contributed by atoms with Crippen molar-refractivity contribution in [2.75, 3.05) is 13.7 Å². The van der Waals surface area contributed by atoms with Gasteiger partial charge < -0.3 is 24.3 Å². The number of fused-ring (bicyclic) bond motifs is 1. The Kier molecular flexibility index (Phi) is 6.50. The first kappa shape index (κ1) is 25.0. The first-order chi connectivity index (χ1) is 19.1. The summed E-state index contributed by atoms with van der Waals surface area (Å²) in [5, 5.41) is 21.0. The third kappa shape index (κ3) is 4.31. The van der Waals surface area contributed by atoms with Crippen LogP contribution in [0.25, 0.3) is 11.2 Å². The second-order valence-corrected chi connectivity index (χ2v) is 10.0. The smallest absolute Gasteiger partial charge is 0.242 e. The Labute approximate surface area is 226 Å².